The van der Waals surface area contributed by atoms with Gasteiger partial charge in [0.15, 0.2) is 0 Å². The molecule has 5 heteroatoms. The molecule has 0 aliphatic heterocycles. The summed E-state index contributed by atoms with van der Waals surface area (Å²) in [5, 5.41) is 5.59. The van der Waals surface area contributed by atoms with Crippen molar-refractivity contribution in [3.8, 4) is 5.75 Å². The van der Waals surface area contributed by atoms with Crippen LogP contribution >= 0.6 is 0 Å². The smallest absolute Gasteiger partial charge is 0.248 e. The highest BCUT2D eigenvalue weighted by Crippen LogP contribution is 2.15. The molecule has 0 unspecified atom stereocenters. The van der Waals surface area contributed by atoms with Crippen LogP contribution in [0.3, 0.4) is 0 Å². The number of hydrogen-bond donors (Lipinski definition) is 2. The van der Waals surface area contributed by atoms with Crippen LogP contribution in [0.2, 0.25) is 0 Å². The molecule has 0 aromatic heterocycles. The van der Waals surface area contributed by atoms with Gasteiger partial charge in [-0.3, -0.25) is 9.59 Å². The molecule has 0 aliphatic carbocycles. The van der Waals surface area contributed by atoms with Gasteiger partial charge >= 0.3 is 0 Å². The Kier molecular flexibility index (Phi) is 7.43. The Morgan fingerprint density at radius 1 is 0.923 bits per heavy atom. The van der Waals surface area contributed by atoms with Crippen LogP contribution in [-0.4, -0.2) is 18.4 Å². The number of anilines is 2. The second kappa shape index (κ2) is 10.0. The van der Waals surface area contributed by atoms with Crippen LogP contribution in [0.4, 0.5) is 11.4 Å². The highest BCUT2D eigenvalue weighted by molar-refractivity contribution is 6.02. The number of ether oxygens (including phenoxy) is 1. The van der Waals surface area contributed by atoms with Gasteiger partial charge in [-0.25, -0.2) is 0 Å². The van der Waals surface area contributed by atoms with Crippen LogP contribution in [0.1, 0.15) is 32.3 Å². The van der Waals surface area contributed by atoms with Gasteiger partial charge < -0.3 is 15.4 Å². The van der Waals surface area contributed by atoms with E-state index in [1.807, 2.05) is 38.1 Å². The van der Waals surface area contributed by atoms with Crippen LogP contribution in [-0.2, 0) is 9.59 Å². The lowest BCUT2D eigenvalue weighted by molar-refractivity contribution is -0.116. The molecule has 0 spiro atoms. The zero-order chi connectivity index (χ0) is 18.8. The van der Waals surface area contributed by atoms with Crippen molar-refractivity contribution in [3.63, 3.8) is 0 Å². The minimum Gasteiger partial charge on any atom is -0.494 e. The molecule has 136 valence electrons. The van der Waals surface area contributed by atoms with E-state index >= 15 is 0 Å². The number of carbonyl (C=O) groups is 2. The van der Waals surface area contributed by atoms with Crippen molar-refractivity contribution in [2.45, 2.75) is 26.7 Å². The molecule has 26 heavy (non-hydrogen) atoms. The minimum absolute atomic E-state index is 0.0115. The van der Waals surface area contributed by atoms with Gasteiger partial charge in [0.2, 0.25) is 11.8 Å². The molecule has 2 aromatic rings. The highest BCUT2D eigenvalue weighted by Gasteiger charge is 2.02. The van der Waals surface area contributed by atoms with E-state index in [-0.39, 0.29) is 11.8 Å². The monoisotopic (exact) mass is 352 g/mol. The summed E-state index contributed by atoms with van der Waals surface area (Å²) in [6.45, 7) is 4.52. The molecule has 0 aliphatic rings. The fraction of sp³-hybridized carbons (Fsp3) is 0.238. The maximum absolute atomic E-state index is 12.0. The Balaban J connectivity index is 1.87. The van der Waals surface area contributed by atoms with Crippen LogP contribution in [0.25, 0.3) is 6.08 Å². The minimum atomic E-state index is -0.221. The van der Waals surface area contributed by atoms with E-state index in [9.17, 15) is 9.59 Å². The van der Waals surface area contributed by atoms with E-state index in [2.05, 4.69) is 10.6 Å². The van der Waals surface area contributed by atoms with Crippen molar-refractivity contribution in [2.24, 2.45) is 0 Å². The van der Waals surface area contributed by atoms with Crippen molar-refractivity contribution in [1.29, 1.82) is 0 Å². The summed E-state index contributed by atoms with van der Waals surface area (Å²) in [6, 6.07) is 14.6. The lowest BCUT2D eigenvalue weighted by atomic mass is 10.2. The van der Waals surface area contributed by atoms with Gasteiger partial charge in [0.1, 0.15) is 5.75 Å². The highest BCUT2D eigenvalue weighted by atomic mass is 16.5. The molecule has 0 heterocycles. The molecule has 0 atom stereocenters. The first-order chi connectivity index (χ1) is 12.6. The summed E-state index contributed by atoms with van der Waals surface area (Å²) < 4.78 is 5.38. The van der Waals surface area contributed by atoms with E-state index in [1.165, 1.54) is 6.08 Å². The van der Waals surface area contributed by atoms with Crippen LogP contribution in [0, 0.1) is 0 Å². The van der Waals surface area contributed by atoms with Crippen molar-refractivity contribution < 1.29 is 14.3 Å². The maximum Gasteiger partial charge on any atom is 0.248 e. The first-order valence-corrected chi connectivity index (χ1v) is 8.72. The van der Waals surface area contributed by atoms with E-state index in [0.29, 0.717) is 24.4 Å². The van der Waals surface area contributed by atoms with Crippen LogP contribution in [0.5, 0.6) is 5.75 Å². The van der Waals surface area contributed by atoms with Gasteiger partial charge in [-0.05, 0) is 61.4 Å². The standard InChI is InChI=1S/C21H24N2O3/c1-3-5-20(24)22-17-9-11-18(12-10-17)23-21(25)15-8-16-6-13-19(14-7-16)26-4-2/h6-15H,3-5H2,1-2H3,(H,22,24)(H,23,25)/b15-8+. The first-order valence-electron chi connectivity index (χ1n) is 8.72. The normalized spacial score (nSPS) is 10.5. The molecule has 0 radical (unpaired) electrons. The summed E-state index contributed by atoms with van der Waals surface area (Å²) in [5.41, 5.74) is 2.30. The Labute approximate surface area is 154 Å². The predicted molar refractivity (Wildman–Crippen MR) is 105 cm³/mol. The van der Waals surface area contributed by atoms with Gasteiger partial charge in [0.05, 0.1) is 6.61 Å². The molecule has 2 aromatic carbocycles. The number of carbonyl (C=O) groups excluding carboxylic acids is 2. The van der Waals surface area contributed by atoms with Crippen LogP contribution in [0.15, 0.2) is 54.6 Å². The van der Waals surface area contributed by atoms with Crippen molar-refractivity contribution in [1.82, 2.24) is 0 Å². The second-order valence-electron chi connectivity index (χ2n) is 5.70. The third kappa shape index (κ3) is 6.43. The Morgan fingerprint density at radius 3 is 2.12 bits per heavy atom. The number of amides is 2. The van der Waals surface area contributed by atoms with Crippen molar-refractivity contribution in [2.75, 3.05) is 17.2 Å². The molecule has 0 bridgehead atoms. The molecule has 5 nitrogen and oxygen atoms in total. The Morgan fingerprint density at radius 2 is 1.54 bits per heavy atom. The summed E-state index contributed by atoms with van der Waals surface area (Å²) in [6.07, 6.45) is 4.52. The molecule has 2 rings (SSSR count). The molecule has 0 saturated heterocycles. The third-order valence-corrected chi connectivity index (χ3v) is 3.53. The van der Waals surface area contributed by atoms with Gasteiger partial charge in [0.25, 0.3) is 0 Å². The van der Waals surface area contributed by atoms with E-state index in [0.717, 1.165) is 17.7 Å². The summed E-state index contributed by atoms with van der Waals surface area (Å²) in [5.74, 6) is 0.574. The van der Waals surface area contributed by atoms with E-state index in [4.69, 9.17) is 4.74 Å². The SMILES string of the molecule is CCCC(=O)Nc1ccc(NC(=O)/C=C/c2ccc(OCC)cc2)cc1. The Hall–Kier alpha value is -3.08. The van der Waals surface area contributed by atoms with Crippen LogP contribution < -0.4 is 15.4 Å². The van der Waals surface area contributed by atoms with E-state index in [1.54, 1.807) is 30.3 Å². The summed E-state index contributed by atoms with van der Waals surface area (Å²) in [7, 11) is 0. The zero-order valence-corrected chi connectivity index (χ0v) is 15.1. The number of benzene rings is 2. The van der Waals surface area contributed by atoms with Gasteiger partial charge in [-0.2, -0.15) is 0 Å². The van der Waals surface area contributed by atoms with Crippen molar-refractivity contribution in [3.05, 3.63) is 60.2 Å². The summed E-state index contributed by atoms with van der Waals surface area (Å²) >= 11 is 0. The number of rotatable bonds is 8. The van der Waals surface area contributed by atoms with Gasteiger partial charge in [-0.15, -0.1) is 0 Å². The number of nitrogens with one attached hydrogen (secondary N) is 2. The molecule has 0 fully saturated rings. The lowest BCUT2D eigenvalue weighted by Gasteiger charge is -2.06. The van der Waals surface area contributed by atoms with Gasteiger partial charge in [0, 0.05) is 23.9 Å². The average Bonchev–Trinajstić information content (AvgIpc) is 2.63. The van der Waals surface area contributed by atoms with Gasteiger partial charge in [-0.1, -0.05) is 19.1 Å². The second-order valence-corrected chi connectivity index (χ2v) is 5.70. The molecular weight excluding hydrogens is 328 g/mol. The quantitative estimate of drug-likeness (QED) is 0.689. The number of hydrogen-bond acceptors (Lipinski definition) is 3. The molecule has 2 amide bonds. The lowest BCUT2D eigenvalue weighted by Crippen LogP contribution is -2.11. The predicted octanol–water partition coefficient (Wildman–Crippen LogP) is 4.48. The van der Waals surface area contributed by atoms with Crippen molar-refractivity contribution >= 4 is 29.3 Å². The average molecular weight is 352 g/mol. The molecular formula is C21H24N2O3. The third-order valence-electron chi connectivity index (χ3n) is 3.53. The fourth-order valence-electron chi connectivity index (χ4n) is 2.29. The maximum atomic E-state index is 12.0. The molecule has 0 saturated carbocycles. The first kappa shape index (κ1) is 19.2. The fourth-order valence-corrected chi connectivity index (χ4v) is 2.29. The largest absolute Gasteiger partial charge is 0.494 e. The molecule has 2 N–H and O–H groups in total. The summed E-state index contributed by atoms with van der Waals surface area (Å²) in [4.78, 5) is 23.6. The topological polar surface area (TPSA) is 67.4 Å². The van der Waals surface area contributed by atoms with E-state index < -0.39 is 0 Å². The zero-order valence-electron chi connectivity index (χ0n) is 15.1. The Bertz CT molecular complexity index is 750.